The van der Waals surface area contributed by atoms with Crippen molar-refractivity contribution < 1.29 is 0 Å². The lowest BCUT2D eigenvalue weighted by Gasteiger charge is -2.24. The summed E-state index contributed by atoms with van der Waals surface area (Å²) in [6.07, 6.45) is 6.60. The van der Waals surface area contributed by atoms with Crippen molar-refractivity contribution in [2.24, 2.45) is 5.92 Å². The van der Waals surface area contributed by atoms with E-state index in [4.69, 9.17) is 4.98 Å². The molecule has 21 heavy (non-hydrogen) atoms. The Bertz CT molecular complexity index is 468. The van der Waals surface area contributed by atoms with Gasteiger partial charge in [0.25, 0.3) is 0 Å². The predicted molar refractivity (Wildman–Crippen MR) is 92.9 cm³/mol. The van der Waals surface area contributed by atoms with Gasteiger partial charge in [-0.3, -0.25) is 0 Å². The minimum atomic E-state index is -0.0187. The average molecular weight is 354 g/mol. The van der Waals surface area contributed by atoms with Crippen LogP contribution in [-0.4, -0.2) is 23.1 Å². The van der Waals surface area contributed by atoms with Gasteiger partial charge >= 0.3 is 0 Å². The van der Waals surface area contributed by atoms with Gasteiger partial charge in [-0.25, -0.2) is 9.97 Å². The zero-order valence-electron chi connectivity index (χ0n) is 13.8. The fraction of sp³-hybridized carbons (Fsp3) is 0.765. The van der Waals surface area contributed by atoms with Crippen molar-refractivity contribution in [2.75, 3.05) is 18.0 Å². The van der Waals surface area contributed by atoms with E-state index in [1.165, 1.54) is 32.1 Å². The van der Waals surface area contributed by atoms with E-state index in [-0.39, 0.29) is 5.41 Å². The zero-order chi connectivity index (χ0) is 15.5. The first-order chi connectivity index (χ1) is 9.90. The van der Waals surface area contributed by atoms with Gasteiger partial charge in [0.1, 0.15) is 16.2 Å². The van der Waals surface area contributed by atoms with E-state index in [0.29, 0.717) is 0 Å². The van der Waals surface area contributed by atoms with Gasteiger partial charge in [0, 0.05) is 24.6 Å². The quantitative estimate of drug-likeness (QED) is 0.720. The molecule has 4 heteroatoms. The minimum absolute atomic E-state index is 0.0187. The molecular formula is C17H28BrN3. The van der Waals surface area contributed by atoms with Crippen molar-refractivity contribution in [1.82, 2.24) is 9.97 Å². The van der Waals surface area contributed by atoms with Crippen molar-refractivity contribution in [3.05, 3.63) is 16.5 Å². The number of halogens is 1. The van der Waals surface area contributed by atoms with Crippen molar-refractivity contribution in [2.45, 2.75) is 65.2 Å². The standard InChI is InChI=1S/C17H28BrN3/c1-5-7-13-8-6-10-21(11-9-13)15-12-14(18)19-16(20-15)17(2,3)4/h12-13H,5-11H2,1-4H3. The van der Waals surface area contributed by atoms with E-state index in [1.807, 2.05) is 0 Å². The van der Waals surface area contributed by atoms with Gasteiger partial charge in [-0.2, -0.15) is 0 Å². The first kappa shape index (κ1) is 16.7. The van der Waals surface area contributed by atoms with Crippen LogP contribution in [0.15, 0.2) is 10.7 Å². The van der Waals surface area contributed by atoms with Gasteiger partial charge in [0.2, 0.25) is 0 Å². The fourth-order valence-corrected chi connectivity index (χ4v) is 3.37. The van der Waals surface area contributed by atoms with Gasteiger partial charge in [-0.1, -0.05) is 40.5 Å². The lowest BCUT2D eigenvalue weighted by atomic mass is 9.96. The number of aromatic nitrogens is 2. The lowest BCUT2D eigenvalue weighted by molar-refractivity contribution is 0.435. The summed E-state index contributed by atoms with van der Waals surface area (Å²) in [6, 6.07) is 2.06. The molecule has 1 unspecified atom stereocenters. The maximum absolute atomic E-state index is 4.83. The maximum atomic E-state index is 4.83. The molecule has 1 aromatic rings. The second-order valence-electron chi connectivity index (χ2n) is 7.20. The first-order valence-electron chi connectivity index (χ1n) is 8.20. The number of hydrogen-bond acceptors (Lipinski definition) is 3. The molecule has 0 saturated carbocycles. The van der Waals surface area contributed by atoms with Crippen LogP contribution in [0.5, 0.6) is 0 Å². The Labute approximate surface area is 137 Å². The van der Waals surface area contributed by atoms with Gasteiger partial charge in [0.05, 0.1) is 0 Å². The highest BCUT2D eigenvalue weighted by Crippen LogP contribution is 2.28. The minimum Gasteiger partial charge on any atom is -0.356 e. The summed E-state index contributed by atoms with van der Waals surface area (Å²) in [5, 5.41) is 0. The zero-order valence-corrected chi connectivity index (χ0v) is 15.4. The van der Waals surface area contributed by atoms with Gasteiger partial charge < -0.3 is 4.90 Å². The Morgan fingerprint density at radius 1 is 1.24 bits per heavy atom. The van der Waals surface area contributed by atoms with Crippen LogP contribution in [0, 0.1) is 5.92 Å². The topological polar surface area (TPSA) is 29.0 Å². The van der Waals surface area contributed by atoms with E-state index >= 15 is 0 Å². The number of nitrogens with zero attached hydrogens (tertiary/aromatic N) is 3. The molecule has 1 fully saturated rings. The summed E-state index contributed by atoms with van der Waals surface area (Å²) in [5.74, 6) is 2.90. The molecule has 0 N–H and O–H groups in total. The molecule has 2 rings (SSSR count). The monoisotopic (exact) mass is 353 g/mol. The Hall–Kier alpha value is -0.640. The van der Waals surface area contributed by atoms with Gasteiger partial charge in [-0.05, 0) is 41.1 Å². The Morgan fingerprint density at radius 3 is 2.67 bits per heavy atom. The van der Waals surface area contributed by atoms with E-state index in [0.717, 1.165) is 35.3 Å². The molecule has 0 aromatic carbocycles. The summed E-state index contributed by atoms with van der Waals surface area (Å²) in [6.45, 7) is 11.0. The normalized spacial score (nSPS) is 20.4. The molecule has 0 amide bonds. The third kappa shape index (κ3) is 4.67. The summed E-state index contributed by atoms with van der Waals surface area (Å²) >= 11 is 3.55. The predicted octanol–water partition coefficient (Wildman–Crippen LogP) is 4.94. The van der Waals surface area contributed by atoms with E-state index in [2.05, 4.69) is 59.6 Å². The Kier molecular flexibility index (Phi) is 5.64. The third-order valence-corrected chi connectivity index (χ3v) is 4.63. The lowest BCUT2D eigenvalue weighted by Crippen LogP contribution is -2.27. The summed E-state index contributed by atoms with van der Waals surface area (Å²) in [5.41, 5.74) is -0.0187. The molecule has 1 aromatic heterocycles. The van der Waals surface area contributed by atoms with Gasteiger partial charge in [-0.15, -0.1) is 0 Å². The number of hydrogen-bond donors (Lipinski definition) is 0. The van der Waals surface area contributed by atoms with Crippen LogP contribution in [0.1, 0.15) is 65.6 Å². The largest absolute Gasteiger partial charge is 0.356 e. The first-order valence-corrected chi connectivity index (χ1v) is 8.99. The second-order valence-corrected chi connectivity index (χ2v) is 8.01. The highest BCUT2D eigenvalue weighted by Gasteiger charge is 2.22. The summed E-state index contributed by atoms with van der Waals surface area (Å²) in [7, 11) is 0. The second kappa shape index (κ2) is 7.08. The third-order valence-electron chi connectivity index (χ3n) is 4.22. The molecule has 0 aliphatic carbocycles. The molecule has 1 saturated heterocycles. The molecule has 2 heterocycles. The van der Waals surface area contributed by atoms with Crippen LogP contribution >= 0.6 is 15.9 Å². The Balaban J connectivity index is 2.16. The molecule has 0 radical (unpaired) electrons. The molecule has 118 valence electrons. The van der Waals surface area contributed by atoms with Crippen LogP contribution in [-0.2, 0) is 5.41 Å². The molecule has 1 aliphatic heterocycles. The highest BCUT2D eigenvalue weighted by atomic mass is 79.9. The smallest absolute Gasteiger partial charge is 0.137 e. The van der Waals surface area contributed by atoms with E-state index in [9.17, 15) is 0 Å². The van der Waals surface area contributed by atoms with E-state index in [1.54, 1.807) is 0 Å². The van der Waals surface area contributed by atoms with Crippen molar-refractivity contribution in [3.8, 4) is 0 Å². The molecule has 0 spiro atoms. The van der Waals surface area contributed by atoms with Crippen molar-refractivity contribution in [1.29, 1.82) is 0 Å². The number of rotatable bonds is 3. The summed E-state index contributed by atoms with van der Waals surface area (Å²) in [4.78, 5) is 11.8. The van der Waals surface area contributed by atoms with Crippen LogP contribution in [0.2, 0.25) is 0 Å². The highest BCUT2D eigenvalue weighted by molar-refractivity contribution is 9.10. The summed E-state index contributed by atoms with van der Waals surface area (Å²) < 4.78 is 0.895. The molecule has 0 bridgehead atoms. The van der Waals surface area contributed by atoms with Crippen LogP contribution in [0.4, 0.5) is 5.82 Å². The SMILES string of the molecule is CCCC1CCCN(c2cc(Br)nc(C(C)(C)C)n2)CC1. The molecule has 1 atom stereocenters. The van der Waals surface area contributed by atoms with Crippen molar-refractivity contribution in [3.63, 3.8) is 0 Å². The Morgan fingerprint density at radius 2 is 2.00 bits per heavy atom. The molecule has 3 nitrogen and oxygen atoms in total. The van der Waals surface area contributed by atoms with Crippen LogP contribution in [0.3, 0.4) is 0 Å². The maximum Gasteiger partial charge on any atom is 0.137 e. The van der Waals surface area contributed by atoms with Gasteiger partial charge in [0.15, 0.2) is 0 Å². The van der Waals surface area contributed by atoms with Crippen LogP contribution < -0.4 is 4.90 Å². The fourth-order valence-electron chi connectivity index (χ4n) is 2.99. The van der Waals surface area contributed by atoms with Crippen molar-refractivity contribution >= 4 is 21.7 Å². The van der Waals surface area contributed by atoms with Crippen LogP contribution in [0.25, 0.3) is 0 Å². The number of anilines is 1. The average Bonchev–Trinajstić information content (AvgIpc) is 2.63. The van der Waals surface area contributed by atoms with E-state index < -0.39 is 0 Å². The molecule has 1 aliphatic rings. The molecular weight excluding hydrogens is 326 g/mol.